The third-order valence-electron chi connectivity index (χ3n) is 14.1. The average Bonchev–Trinajstić information content (AvgIpc) is 3.32. The van der Waals surface area contributed by atoms with Crippen LogP contribution in [-0.4, -0.2) is 140 Å². The summed E-state index contributed by atoms with van der Waals surface area (Å²) < 4.78 is 22.7. The molecule has 398 valence electrons. The summed E-state index contributed by atoms with van der Waals surface area (Å²) in [6, 6.07) is -0.819. The van der Waals surface area contributed by atoms with Crippen LogP contribution in [-0.2, 0) is 23.7 Å². The molecule has 0 spiro atoms. The number of hydrogen-bond donors (Lipinski definition) is 9. The van der Waals surface area contributed by atoms with E-state index >= 15 is 0 Å². The van der Waals surface area contributed by atoms with Crippen molar-refractivity contribution in [3.05, 3.63) is 0 Å². The van der Waals surface area contributed by atoms with Gasteiger partial charge in [0.1, 0.15) is 48.8 Å². The largest absolute Gasteiger partial charge is 0.394 e. The number of hydrogen-bond acceptors (Lipinski definition) is 13. The molecule has 2 rings (SSSR count). The SMILES string of the molecule is CCCCCCCCCCCCCCCCCCCCCCCCCCCCC(=O)NC(COC1OC(CO)C(OC2OC(CO)C(O)C(O)C2O)C(O)C1O)C(O)CCCCCCCCC. The highest BCUT2D eigenvalue weighted by Crippen LogP contribution is 2.30. The monoisotopic (exact) mass is 962 g/mol. The van der Waals surface area contributed by atoms with Crippen molar-refractivity contribution in [2.24, 2.45) is 0 Å². The minimum Gasteiger partial charge on any atom is -0.394 e. The number of aliphatic hydroxyl groups is 8. The molecule has 9 N–H and O–H groups in total. The van der Waals surface area contributed by atoms with Crippen LogP contribution < -0.4 is 5.32 Å². The fourth-order valence-corrected chi connectivity index (χ4v) is 9.53. The Bertz CT molecular complexity index is 1140. The summed E-state index contributed by atoms with van der Waals surface area (Å²) in [6.45, 7) is 2.82. The van der Waals surface area contributed by atoms with Gasteiger partial charge in [0.05, 0.1) is 32.0 Å². The Morgan fingerprint density at radius 1 is 0.478 bits per heavy atom. The van der Waals surface area contributed by atoms with E-state index in [9.17, 15) is 45.6 Å². The molecule has 2 aliphatic rings. The van der Waals surface area contributed by atoms with Gasteiger partial charge in [0.2, 0.25) is 5.91 Å². The van der Waals surface area contributed by atoms with E-state index in [0.717, 1.165) is 51.4 Å². The second-order valence-corrected chi connectivity index (χ2v) is 20.1. The maximum atomic E-state index is 13.2. The molecule has 0 aromatic rings. The zero-order valence-electron chi connectivity index (χ0n) is 42.4. The molecule has 2 fully saturated rings. The molecule has 1 amide bonds. The molecule has 12 unspecified atom stereocenters. The van der Waals surface area contributed by atoms with Crippen molar-refractivity contribution in [2.75, 3.05) is 19.8 Å². The molecule has 0 aromatic carbocycles. The molecule has 14 heteroatoms. The van der Waals surface area contributed by atoms with E-state index in [4.69, 9.17) is 18.9 Å². The van der Waals surface area contributed by atoms with Gasteiger partial charge >= 0.3 is 0 Å². The molecule has 67 heavy (non-hydrogen) atoms. The fourth-order valence-electron chi connectivity index (χ4n) is 9.53. The van der Waals surface area contributed by atoms with Crippen molar-refractivity contribution >= 4 is 5.91 Å². The highest BCUT2D eigenvalue weighted by Gasteiger charge is 2.51. The fraction of sp³-hybridized carbons (Fsp3) is 0.981. The highest BCUT2D eigenvalue weighted by atomic mass is 16.7. The summed E-state index contributed by atoms with van der Waals surface area (Å²) >= 11 is 0. The molecule has 0 aliphatic carbocycles. The zero-order chi connectivity index (χ0) is 48.9. The molecule has 0 bridgehead atoms. The Hall–Kier alpha value is -1.01. The van der Waals surface area contributed by atoms with Crippen molar-refractivity contribution in [3.8, 4) is 0 Å². The molecule has 2 saturated heterocycles. The minimum absolute atomic E-state index is 0.206. The smallest absolute Gasteiger partial charge is 0.220 e. The normalized spacial score (nSPS) is 26.5. The van der Waals surface area contributed by atoms with Gasteiger partial charge in [-0.25, -0.2) is 0 Å². The first-order valence-corrected chi connectivity index (χ1v) is 27.8. The number of amides is 1. The Morgan fingerprint density at radius 3 is 1.27 bits per heavy atom. The first-order valence-electron chi connectivity index (χ1n) is 27.8. The zero-order valence-corrected chi connectivity index (χ0v) is 42.4. The molecule has 2 aliphatic heterocycles. The van der Waals surface area contributed by atoms with Gasteiger partial charge < -0.3 is 65.1 Å². The van der Waals surface area contributed by atoms with Gasteiger partial charge in [-0.2, -0.15) is 0 Å². The van der Waals surface area contributed by atoms with Gasteiger partial charge in [-0.15, -0.1) is 0 Å². The van der Waals surface area contributed by atoms with Crippen molar-refractivity contribution in [1.29, 1.82) is 0 Å². The molecule has 2 heterocycles. The second-order valence-electron chi connectivity index (χ2n) is 20.1. The predicted octanol–water partition coefficient (Wildman–Crippen LogP) is 8.17. The van der Waals surface area contributed by atoms with E-state index in [1.807, 2.05) is 0 Å². The molecular formula is C53H103NO13. The third-order valence-corrected chi connectivity index (χ3v) is 14.1. The Balaban J connectivity index is 1.64. The van der Waals surface area contributed by atoms with Crippen LogP contribution in [0, 0.1) is 0 Å². The maximum Gasteiger partial charge on any atom is 0.220 e. The van der Waals surface area contributed by atoms with Gasteiger partial charge in [0, 0.05) is 6.42 Å². The topological polar surface area (TPSA) is 228 Å². The molecule has 0 aromatic heterocycles. The molecule has 0 saturated carbocycles. The second kappa shape index (κ2) is 40.6. The van der Waals surface area contributed by atoms with E-state index in [1.54, 1.807) is 0 Å². The molecule has 12 atom stereocenters. The number of unbranched alkanes of at least 4 members (excludes halogenated alkanes) is 31. The lowest BCUT2D eigenvalue weighted by Crippen LogP contribution is -2.65. The van der Waals surface area contributed by atoms with Crippen LogP contribution >= 0.6 is 0 Å². The van der Waals surface area contributed by atoms with Gasteiger partial charge in [0.15, 0.2) is 12.6 Å². The van der Waals surface area contributed by atoms with E-state index < -0.39 is 86.8 Å². The van der Waals surface area contributed by atoms with Gasteiger partial charge in [-0.05, 0) is 12.8 Å². The number of rotatable bonds is 44. The maximum absolute atomic E-state index is 13.2. The average molecular weight is 962 g/mol. The summed E-state index contributed by atoms with van der Waals surface area (Å²) in [7, 11) is 0. The lowest BCUT2D eigenvalue weighted by atomic mass is 9.97. The Kier molecular flexibility index (Phi) is 37.6. The van der Waals surface area contributed by atoms with Crippen LogP contribution in [0.4, 0.5) is 0 Å². The standard InChI is InChI=1S/C53H103NO13/c1-3-5-7-9-11-12-13-14-15-16-17-18-19-20-21-22-23-24-25-26-27-28-29-31-33-35-37-45(58)54-41(42(57)36-34-32-30-10-8-6-4-2)40-64-52-50(63)48(61)51(44(39-56)66-52)67-53-49(62)47(60)46(59)43(38-55)65-53/h41-44,46-53,55-57,59-63H,3-40H2,1-2H3,(H,54,58). The van der Waals surface area contributed by atoms with Crippen LogP contribution in [0.2, 0.25) is 0 Å². The quantitative estimate of drug-likeness (QED) is 0.0263. The summed E-state index contributed by atoms with van der Waals surface area (Å²) in [5, 5.41) is 86.7. The summed E-state index contributed by atoms with van der Waals surface area (Å²) in [5.74, 6) is -0.206. The number of carbonyl (C=O) groups excluding carboxylic acids is 1. The van der Waals surface area contributed by atoms with Crippen molar-refractivity contribution in [2.45, 2.75) is 312 Å². The Labute approximate surface area is 406 Å². The van der Waals surface area contributed by atoms with Gasteiger partial charge in [0.25, 0.3) is 0 Å². The van der Waals surface area contributed by atoms with Crippen LogP contribution in [0.25, 0.3) is 0 Å². The first-order chi connectivity index (χ1) is 32.6. The highest BCUT2D eigenvalue weighted by molar-refractivity contribution is 5.76. The van der Waals surface area contributed by atoms with E-state index in [0.29, 0.717) is 12.8 Å². The van der Waals surface area contributed by atoms with Crippen LogP contribution in [0.15, 0.2) is 0 Å². The molecule has 14 nitrogen and oxygen atoms in total. The van der Waals surface area contributed by atoms with E-state index in [-0.39, 0.29) is 12.5 Å². The van der Waals surface area contributed by atoms with E-state index in [1.165, 1.54) is 161 Å². The van der Waals surface area contributed by atoms with Crippen molar-refractivity contribution in [3.63, 3.8) is 0 Å². The van der Waals surface area contributed by atoms with Gasteiger partial charge in [-0.1, -0.05) is 219 Å². The number of nitrogens with one attached hydrogen (secondary N) is 1. The van der Waals surface area contributed by atoms with E-state index in [2.05, 4.69) is 19.2 Å². The minimum atomic E-state index is -1.78. The number of aliphatic hydroxyl groups excluding tert-OH is 8. The Morgan fingerprint density at radius 2 is 0.851 bits per heavy atom. The summed E-state index contributed by atoms with van der Waals surface area (Å²) in [6.07, 6.45) is 25.9. The van der Waals surface area contributed by atoms with Crippen molar-refractivity contribution in [1.82, 2.24) is 5.32 Å². The van der Waals surface area contributed by atoms with Crippen molar-refractivity contribution < 1.29 is 64.6 Å². The van der Waals surface area contributed by atoms with Gasteiger partial charge in [-0.3, -0.25) is 4.79 Å². The summed E-state index contributed by atoms with van der Waals surface area (Å²) in [5.41, 5.74) is 0. The third kappa shape index (κ3) is 27.4. The molecule has 0 radical (unpaired) electrons. The lowest BCUT2D eigenvalue weighted by Gasteiger charge is -2.46. The summed E-state index contributed by atoms with van der Waals surface area (Å²) in [4.78, 5) is 13.2. The van der Waals surface area contributed by atoms with Crippen LogP contribution in [0.3, 0.4) is 0 Å². The first kappa shape index (κ1) is 62.1. The molecular weight excluding hydrogens is 859 g/mol. The van der Waals surface area contributed by atoms with Crippen LogP contribution in [0.1, 0.15) is 239 Å². The lowest BCUT2D eigenvalue weighted by molar-refractivity contribution is -0.359. The number of ether oxygens (including phenoxy) is 4. The predicted molar refractivity (Wildman–Crippen MR) is 263 cm³/mol. The van der Waals surface area contributed by atoms with Crippen LogP contribution in [0.5, 0.6) is 0 Å². The number of carbonyl (C=O) groups is 1.